The fourth-order valence-corrected chi connectivity index (χ4v) is 5.27. The molecule has 0 aliphatic carbocycles. The van der Waals surface area contributed by atoms with Gasteiger partial charge in [-0.25, -0.2) is 0 Å². The lowest BCUT2D eigenvalue weighted by atomic mass is 9.60. The second-order valence-electron chi connectivity index (χ2n) is 8.40. The highest BCUT2D eigenvalue weighted by atomic mass is 35.5. The van der Waals surface area contributed by atoms with Gasteiger partial charge in [-0.15, -0.1) is 0 Å². The maximum atomic E-state index is 6.59. The number of fused-ring (bicyclic) bond motifs is 5. The molecule has 5 heteroatoms. The molecule has 0 saturated carbocycles. The third-order valence-electron chi connectivity index (χ3n) is 6.37. The van der Waals surface area contributed by atoms with Gasteiger partial charge in [-0.2, -0.15) is 9.78 Å². The second-order valence-corrected chi connectivity index (χ2v) is 8.80. The van der Waals surface area contributed by atoms with Crippen LogP contribution in [0.2, 0.25) is 5.02 Å². The molecule has 4 nitrogen and oxygen atoms in total. The Kier molecular flexibility index (Phi) is 3.63. The zero-order valence-electron chi connectivity index (χ0n) is 16.5. The van der Waals surface area contributed by atoms with Gasteiger partial charge >= 0.3 is 0 Å². The molecule has 0 radical (unpaired) electrons. The van der Waals surface area contributed by atoms with Crippen LogP contribution in [0.3, 0.4) is 0 Å². The molecule has 144 valence electrons. The van der Waals surface area contributed by atoms with E-state index in [4.69, 9.17) is 26.2 Å². The zero-order valence-corrected chi connectivity index (χ0v) is 17.2. The van der Waals surface area contributed by atoms with Crippen molar-refractivity contribution in [2.24, 2.45) is 5.92 Å². The van der Waals surface area contributed by atoms with Crippen LogP contribution in [0.4, 0.5) is 0 Å². The van der Waals surface area contributed by atoms with Crippen LogP contribution in [-0.4, -0.2) is 22.0 Å². The van der Waals surface area contributed by atoms with E-state index in [1.165, 1.54) is 5.56 Å². The number of para-hydroxylation sites is 2. The summed E-state index contributed by atoms with van der Waals surface area (Å²) in [7, 11) is 0. The number of ether oxygens (including phenoxy) is 2. The summed E-state index contributed by atoms with van der Waals surface area (Å²) in [5, 5.41) is 5.51. The van der Waals surface area contributed by atoms with Crippen molar-refractivity contribution in [3.8, 4) is 17.3 Å². The molecule has 2 aliphatic heterocycles. The molecule has 28 heavy (non-hydrogen) atoms. The van der Waals surface area contributed by atoms with Gasteiger partial charge in [0.2, 0.25) is 5.88 Å². The molecule has 3 heterocycles. The van der Waals surface area contributed by atoms with E-state index in [-0.39, 0.29) is 11.3 Å². The van der Waals surface area contributed by atoms with E-state index in [1.807, 2.05) is 48.0 Å². The molecule has 1 aromatic heterocycles. The van der Waals surface area contributed by atoms with E-state index >= 15 is 0 Å². The van der Waals surface area contributed by atoms with Crippen LogP contribution in [0, 0.1) is 12.8 Å². The molecule has 2 aliphatic rings. The van der Waals surface area contributed by atoms with Gasteiger partial charge in [-0.3, -0.25) is 0 Å². The molecule has 2 aromatic carbocycles. The lowest BCUT2D eigenvalue weighted by Crippen LogP contribution is -2.57. The van der Waals surface area contributed by atoms with Crippen LogP contribution in [-0.2, 0) is 5.41 Å². The topological polar surface area (TPSA) is 36.3 Å². The molecule has 5 rings (SSSR count). The van der Waals surface area contributed by atoms with Gasteiger partial charge in [-0.05, 0) is 39.0 Å². The van der Waals surface area contributed by atoms with Crippen molar-refractivity contribution in [1.29, 1.82) is 0 Å². The molecule has 0 saturated heterocycles. The average Bonchev–Trinajstić information content (AvgIpc) is 2.98. The van der Waals surface area contributed by atoms with Crippen LogP contribution >= 0.6 is 11.6 Å². The standard InChI is InChI=1S/C23H23ClN2O2/c1-14-20-21(26(25-14)17-11-7-6-10-16(17)24)28-22(2,3)19-13-27-18-12-8-5-9-15(18)23(19,20)4/h5-12,19H,13H2,1-4H3/t19-,23-/m1/s1. The Morgan fingerprint density at radius 1 is 1.07 bits per heavy atom. The van der Waals surface area contributed by atoms with Crippen LogP contribution < -0.4 is 9.47 Å². The Morgan fingerprint density at radius 3 is 2.57 bits per heavy atom. The molecular formula is C23H23ClN2O2. The van der Waals surface area contributed by atoms with Gasteiger partial charge in [0.05, 0.1) is 23.0 Å². The SMILES string of the molecule is Cc1nn(-c2ccccc2Cl)c2c1[C@]1(C)c3ccccc3OC[C@@H]1C(C)(C)O2. The number of aryl methyl sites for hydroxylation is 1. The Labute approximate surface area is 170 Å². The monoisotopic (exact) mass is 394 g/mol. The molecular weight excluding hydrogens is 372 g/mol. The van der Waals surface area contributed by atoms with Gasteiger partial charge in [0.15, 0.2) is 0 Å². The van der Waals surface area contributed by atoms with Crippen molar-refractivity contribution in [3.05, 3.63) is 70.4 Å². The lowest BCUT2D eigenvalue weighted by molar-refractivity contribution is -0.0440. The fourth-order valence-electron chi connectivity index (χ4n) is 5.06. The Balaban J connectivity index is 1.83. The number of nitrogens with zero attached hydrogens (tertiary/aromatic N) is 2. The summed E-state index contributed by atoms with van der Waals surface area (Å²) in [6.45, 7) is 9.23. The van der Waals surface area contributed by atoms with Gasteiger partial charge in [0.1, 0.15) is 11.4 Å². The minimum absolute atomic E-state index is 0.157. The molecule has 0 spiro atoms. The van der Waals surface area contributed by atoms with Crippen molar-refractivity contribution in [2.45, 2.75) is 38.7 Å². The predicted octanol–water partition coefficient (Wildman–Crippen LogP) is 5.32. The van der Waals surface area contributed by atoms with Crippen LogP contribution in [0.1, 0.15) is 37.6 Å². The first-order valence-corrected chi connectivity index (χ1v) is 9.98. The van der Waals surface area contributed by atoms with Crippen LogP contribution in [0.5, 0.6) is 11.6 Å². The second kappa shape index (κ2) is 5.77. The molecule has 0 N–H and O–H groups in total. The molecule has 3 aromatic rings. The Bertz CT molecular complexity index is 1090. The van der Waals surface area contributed by atoms with Crippen molar-refractivity contribution < 1.29 is 9.47 Å². The van der Waals surface area contributed by atoms with Crippen LogP contribution in [0.25, 0.3) is 5.69 Å². The summed E-state index contributed by atoms with van der Waals surface area (Å²) < 4.78 is 14.6. The molecule has 0 fully saturated rings. The number of halogens is 1. The van der Waals surface area contributed by atoms with Gasteiger partial charge in [0, 0.05) is 22.5 Å². The highest BCUT2D eigenvalue weighted by Crippen LogP contribution is 2.57. The highest BCUT2D eigenvalue weighted by molar-refractivity contribution is 6.32. The van der Waals surface area contributed by atoms with E-state index in [0.717, 1.165) is 28.6 Å². The largest absolute Gasteiger partial charge is 0.493 e. The summed E-state index contributed by atoms with van der Waals surface area (Å²) in [5.41, 5.74) is 3.38. The molecule has 0 unspecified atom stereocenters. The summed E-state index contributed by atoms with van der Waals surface area (Å²) in [4.78, 5) is 0. The minimum atomic E-state index is -0.430. The predicted molar refractivity (Wildman–Crippen MR) is 110 cm³/mol. The minimum Gasteiger partial charge on any atom is -0.493 e. The lowest BCUT2D eigenvalue weighted by Gasteiger charge is -2.52. The van der Waals surface area contributed by atoms with E-state index in [9.17, 15) is 0 Å². The Hall–Kier alpha value is -2.46. The van der Waals surface area contributed by atoms with Gasteiger partial charge in [0.25, 0.3) is 0 Å². The smallest absolute Gasteiger partial charge is 0.221 e. The van der Waals surface area contributed by atoms with Gasteiger partial charge < -0.3 is 9.47 Å². The number of hydrogen-bond acceptors (Lipinski definition) is 3. The van der Waals surface area contributed by atoms with Crippen molar-refractivity contribution in [2.75, 3.05) is 6.61 Å². The maximum absolute atomic E-state index is 6.59. The Morgan fingerprint density at radius 2 is 1.79 bits per heavy atom. The summed E-state index contributed by atoms with van der Waals surface area (Å²) in [6, 6.07) is 16.0. The first kappa shape index (κ1) is 17.6. The normalized spacial score (nSPS) is 24.4. The van der Waals surface area contributed by atoms with Gasteiger partial charge in [-0.1, -0.05) is 48.9 Å². The van der Waals surface area contributed by atoms with Crippen LogP contribution in [0.15, 0.2) is 48.5 Å². The quantitative estimate of drug-likeness (QED) is 0.560. The average molecular weight is 395 g/mol. The van der Waals surface area contributed by atoms with Crippen molar-refractivity contribution in [1.82, 2.24) is 9.78 Å². The summed E-state index contributed by atoms with van der Waals surface area (Å²) in [6.07, 6.45) is 0. The van der Waals surface area contributed by atoms with E-state index in [0.29, 0.717) is 11.6 Å². The number of rotatable bonds is 1. The number of hydrogen-bond donors (Lipinski definition) is 0. The molecule has 0 amide bonds. The summed E-state index contributed by atoms with van der Waals surface area (Å²) in [5.74, 6) is 1.87. The maximum Gasteiger partial charge on any atom is 0.221 e. The van der Waals surface area contributed by atoms with E-state index in [2.05, 4.69) is 32.9 Å². The summed E-state index contributed by atoms with van der Waals surface area (Å²) >= 11 is 6.50. The first-order valence-electron chi connectivity index (χ1n) is 9.60. The molecule has 2 atom stereocenters. The van der Waals surface area contributed by atoms with E-state index in [1.54, 1.807) is 0 Å². The first-order chi connectivity index (χ1) is 13.3. The molecule has 0 bridgehead atoms. The van der Waals surface area contributed by atoms with Crippen molar-refractivity contribution in [3.63, 3.8) is 0 Å². The van der Waals surface area contributed by atoms with Crippen molar-refractivity contribution >= 4 is 11.6 Å². The highest BCUT2D eigenvalue weighted by Gasteiger charge is 2.57. The third kappa shape index (κ3) is 2.21. The van der Waals surface area contributed by atoms with E-state index < -0.39 is 5.60 Å². The number of benzene rings is 2. The zero-order chi connectivity index (χ0) is 19.7. The fraction of sp³-hybridized carbons (Fsp3) is 0.348. The number of aromatic nitrogens is 2. The third-order valence-corrected chi connectivity index (χ3v) is 6.69.